The number of carbonyl (C=O) groups excluding carboxylic acids is 1. The van der Waals surface area contributed by atoms with Gasteiger partial charge in [0.1, 0.15) is 6.79 Å². The van der Waals surface area contributed by atoms with E-state index < -0.39 is 12.4 Å². The highest BCUT2D eigenvalue weighted by molar-refractivity contribution is 5.86. The molecule has 1 amide bonds. The second-order valence-corrected chi connectivity index (χ2v) is 6.01. The lowest BCUT2D eigenvalue weighted by molar-refractivity contribution is -0.174. The summed E-state index contributed by atoms with van der Waals surface area (Å²) < 4.78 is 5.64. The summed E-state index contributed by atoms with van der Waals surface area (Å²) in [5.41, 5.74) is 0.834. The maximum absolute atomic E-state index is 12.9. The number of benzene rings is 2. The lowest BCUT2D eigenvalue weighted by atomic mass is 9.86. The molecule has 0 fully saturated rings. The number of aliphatic hydroxyl groups excluding tert-OH is 1. The molecule has 0 bridgehead atoms. The Morgan fingerprint density at radius 3 is 2.17 bits per heavy atom. The van der Waals surface area contributed by atoms with Crippen LogP contribution in [0.2, 0.25) is 0 Å². The summed E-state index contributed by atoms with van der Waals surface area (Å²) in [6.45, 7) is -0.500. The molecule has 4 nitrogen and oxygen atoms in total. The monoisotopic (exact) mass is 327 g/mol. The van der Waals surface area contributed by atoms with Crippen molar-refractivity contribution in [2.75, 3.05) is 20.9 Å². The van der Waals surface area contributed by atoms with Crippen LogP contribution >= 0.6 is 0 Å². The third-order valence-corrected chi connectivity index (χ3v) is 4.14. The van der Waals surface area contributed by atoms with E-state index in [0.717, 1.165) is 18.4 Å². The maximum atomic E-state index is 12.9. The van der Waals surface area contributed by atoms with Crippen LogP contribution in [-0.4, -0.2) is 36.8 Å². The van der Waals surface area contributed by atoms with Gasteiger partial charge in [-0.25, -0.2) is 0 Å². The summed E-state index contributed by atoms with van der Waals surface area (Å²) in [7, 11) is 3.41. The molecule has 2 aromatic rings. The summed E-state index contributed by atoms with van der Waals surface area (Å²) in [6.07, 6.45) is 2.13. The highest BCUT2D eigenvalue weighted by Gasteiger charge is 2.42. The smallest absolute Gasteiger partial charge is 0.259 e. The molecule has 0 aliphatic rings. The van der Waals surface area contributed by atoms with E-state index in [-0.39, 0.29) is 5.91 Å². The number of hydrogen-bond acceptors (Lipinski definition) is 3. The molecule has 0 aliphatic heterocycles. The first-order chi connectivity index (χ1) is 11.6. The first kappa shape index (κ1) is 18.2. The fourth-order valence-corrected chi connectivity index (χ4v) is 2.96. The molecular formula is C20H25NO3. The van der Waals surface area contributed by atoms with E-state index in [1.54, 1.807) is 14.1 Å². The number of aryl methyl sites for hydroxylation is 1. The first-order valence-electron chi connectivity index (χ1n) is 8.16. The highest BCUT2D eigenvalue weighted by atomic mass is 16.6. The summed E-state index contributed by atoms with van der Waals surface area (Å²) >= 11 is 0. The van der Waals surface area contributed by atoms with Crippen molar-refractivity contribution in [3.8, 4) is 0 Å². The topological polar surface area (TPSA) is 49.8 Å². The van der Waals surface area contributed by atoms with Gasteiger partial charge in [0.05, 0.1) is 0 Å². The van der Waals surface area contributed by atoms with Crippen LogP contribution in [0.3, 0.4) is 0 Å². The van der Waals surface area contributed by atoms with E-state index in [0.29, 0.717) is 6.42 Å². The minimum Gasteiger partial charge on any atom is -0.371 e. The van der Waals surface area contributed by atoms with Gasteiger partial charge in [-0.15, -0.1) is 0 Å². The molecule has 0 spiro atoms. The van der Waals surface area contributed by atoms with Crippen molar-refractivity contribution in [3.63, 3.8) is 0 Å². The summed E-state index contributed by atoms with van der Waals surface area (Å²) in [6, 6.07) is 19.6. The Bertz CT molecular complexity index is 628. The molecule has 24 heavy (non-hydrogen) atoms. The summed E-state index contributed by atoms with van der Waals surface area (Å²) in [5.74, 6) is -0.157. The number of nitrogens with zero attached hydrogens (tertiary/aromatic N) is 1. The van der Waals surface area contributed by atoms with E-state index >= 15 is 0 Å². The van der Waals surface area contributed by atoms with E-state index in [2.05, 4.69) is 12.1 Å². The van der Waals surface area contributed by atoms with E-state index in [4.69, 9.17) is 4.74 Å². The Labute approximate surface area is 143 Å². The van der Waals surface area contributed by atoms with Gasteiger partial charge in [0, 0.05) is 14.1 Å². The van der Waals surface area contributed by atoms with Crippen molar-refractivity contribution in [1.29, 1.82) is 0 Å². The Kier molecular flexibility index (Phi) is 6.53. The zero-order valence-corrected chi connectivity index (χ0v) is 14.3. The van der Waals surface area contributed by atoms with Crippen LogP contribution in [-0.2, 0) is 21.6 Å². The average molecular weight is 327 g/mol. The van der Waals surface area contributed by atoms with E-state index in [9.17, 15) is 9.90 Å². The van der Waals surface area contributed by atoms with Crippen molar-refractivity contribution in [1.82, 2.24) is 4.90 Å². The predicted octanol–water partition coefficient (Wildman–Crippen LogP) is 2.96. The third kappa shape index (κ3) is 4.22. The van der Waals surface area contributed by atoms with Crippen LogP contribution in [0.4, 0.5) is 0 Å². The second-order valence-electron chi connectivity index (χ2n) is 6.01. The molecule has 0 radical (unpaired) electrons. The minimum absolute atomic E-state index is 0.157. The predicted molar refractivity (Wildman–Crippen MR) is 94.4 cm³/mol. The van der Waals surface area contributed by atoms with Crippen molar-refractivity contribution in [3.05, 3.63) is 71.8 Å². The molecular weight excluding hydrogens is 302 g/mol. The molecule has 0 aliphatic carbocycles. The third-order valence-electron chi connectivity index (χ3n) is 4.14. The minimum atomic E-state index is -1.16. The highest BCUT2D eigenvalue weighted by Crippen LogP contribution is 2.33. The fourth-order valence-electron chi connectivity index (χ4n) is 2.96. The van der Waals surface area contributed by atoms with Crippen LogP contribution in [0.25, 0.3) is 0 Å². The number of hydrogen-bond donors (Lipinski definition) is 1. The van der Waals surface area contributed by atoms with Gasteiger partial charge in [-0.05, 0) is 30.4 Å². The van der Waals surface area contributed by atoms with Crippen LogP contribution in [0.5, 0.6) is 0 Å². The number of carbonyl (C=O) groups is 1. The van der Waals surface area contributed by atoms with E-state index in [1.165, 1.54) is 10.5 Å². The van der Waals surface area contributed by atoms with Crippen LogP contribution in [0.15, 0.2) is 60.7 Å². The van der Waals surface area contributed by atoms with Gasteiger partial charge in [0.15, 0.2) is 5.60 Å². The molecule has 0 aromatic heterocycles. The summed E-state index contributed by atoms with van der Waals surface area (Å²) in [5, 5.41) is 9.42. The number of likely N-dealkylation sites (N-methyl/N-ethyl adjacent to an activating group) is 1. The van der Waals surface area contributed by atoms with Crippen LogP contribution < -0.4 is 0 Å². The van der Waals surface area contributed by atoms with Gasteiger partial charge in [-0.3, -0.25) is 4.79 Å². The maximum Gasteiger partial charge on any atom is 0.259 e. The summed E-state index contributed by atoms with van der Waals surface area (Å²) in [4.78, 5) is 14.4. The zero-order valence-electron chi connectivity index (χ0n) is 14.3. The van der Waals surface area contributed by atoms with Gasteiger partial charge in [-0.1, -0.05) is 60.7 Å². The molecule has 0 saturated heterocycles. The Balaban J connectivity index is 2.25. The molecule has 2 aromatic carbocycles. The molecule has 4 heteroatoms. The Morgan fingerprint density at radius 1 is 1.04 bits per heavy atom. The molecule has 1 N–H and O–H groups in total. The molecule has 0 saturated carbocycles. The van der Waals surface area contributed by atoms with Crippen LogP contribution in [0, 0.1) is 0 Å². The van der Waals surface area contributed by atoms with Gasteiger partial charge in [0.2, 0.25) is 0 Å². The first-order valence-corrected chi connectivity index (χ1v) is 8.16. The van der Waals surface area contributed by atoms with Gasteiger partial charge < -0.3 is 14.7 Å². The molecule has 1 atom stereocenters. The van der Waals surface area contributed by atoms with Crippen LogP contribution in [0.1, 0.15) is 24.0 Å². The number of amides is 1. The normalized spacial score (nSPS) is 13.3. The largest absolute Gasteiger partial charge is 0.371 e. The zero-order chi connectivity index (χ0) is 17.4. The molecule has 1 unspecified atom stereocenters. The fraction of sp³-hybridized carbons (Fsp3) is 0.350. The second kappa shape index (κ2) is 8.62. The number of ether oxygens (including phenoxy) is 1. The van der Waals surface area contributed by atoms with Crippen molar-refractivity contribution in [2.24, 2.45) is 0 Å². The van der Waals surface area contributed by atoms with Gasteiger partial charge in [-0.2, -0.15) is 0 Å². The molecule has 0 heterocycles. The average Bonchev–Trinajstić information content (AvgIpc) is 2.62. The number of rotatable bonds is 8. The SMILES string of the molecule is CN(C)C(=O)C(CCCc1ccccc1)(OCO)c1ccccc1. The molecule has 2 rings (SSSR count). The van der Waals surface area contributed by atoms with Crippen molar-refractivity contribution >= 4 is 5.91 Å². The van der Waals surface area contributed by atoms with Gasteiger partial charge >= 0.3 is 0 Å². The Hall–Kier alpha value is -2.17. The van der Waals surface area contributed by atoms with Crippen molar-refractivity contribution in [2.45, 2.75) is 24.9 Å². The standard InChI is InChI=1S/C20H25NO3/c1-21(2)19(23)20(24-16-22,18-13-7-4-8-14-18)15-9-12-17-10-5-3-6-11-17/h3-8,10-11,13-14,22H,9,12,15-16H2,1-2H3. The lowest BCUT2D eigenvalue weighted by Crippen LogP contribution is -2.46. The van der Waals surface area contributed by atoms with Gasteiger partial charge in [0.25, 0.3) is 5.91 Å². The quantitative estimate of drug-likeness (QED) is 0.758. The Morgan fingerprint density at radius 2 is 1.62 bits per heavy atom. The molecule has 128 valence electrons. The van der Waals surface area contributed by atoms with Crippen molar-refractivity contribution < 1.29 is 14.6 Å². The van der Waals surface area contributed by atoms with E-state index in [1.807, 2.05) is 48.5 Å². The lowest BCUT2D eigenvalue weighted by Gasteiger charge is -2.34. The number of aliphatic hydroxyl groups is 1.